The Morgan fingerprint density at radius 3 is 2.16 bits per heavy atom. The zero-order valence-corrected chi connectivity index (χ0v) is 12.7. The Morgan fingerprint density at radius 1 is 1.00 bits per heavy atom. The van der Waals surface area contributed by atoms with Gasteiger partial charge in [0.05, 0.1) is 0 Å². The van der Waals surface area contributed by atoms with Gasteiger partial charge in [0.15, 0.2) is 0 Å². The second kappa shape index (κ2) is 6.12. The summed E-state index contributed by atoms with van der Waals surface area (Å²) in [5, 5.41) is 10.2. The number of aryl methyl sites for hydroxylation is 1. The van der Waals surface area contributed by atoms with Gasteiger partial charge in [0, 0.05) is 20.1 Å². The van der Waals surface area contributed by atoms with Gasteiger partial charge in [0.25, 0.3) is 0 Å². The highest BCUT2D eigenvalue weighted by molar-refractivity contribution is 7.15. The van der Waals surface area contributed by atoms with Gasteiger partial charge in [-0.1, -0.05) is 35.6 Å². The summed E-state index contributed by atoms with van der Waals surface area (Å²) in [5.74, 6) is 0. The molecule has 0 aliphatic rings. The molecule has 0 fully saturated rings. The van der Waals surface area contributed by atoms with Crippen molar-refractivity contribution in [1.82, 2.24) is 15.1 Å². The lowest BCUT2D eigenvalue weighted by Crippen LogP contribution is -2.19. The summed E-state index contributed by atoms with van der Waals surface area (Å²) in [4.78, 5) is 4.34. The van der Waals surface area contributed by atoms with Gasteiger partial charge in [-0.25, -0.2) is 0 Å². The Bertz CT molecular complexity index is 536. The van der Waals surface area contributed by atoms with Crippen LogP contribution in [0.5, 0.6) is 0 Å². The number of benzene rings is 1. The molecule has 1 aromatic carbocycles. The molecule has 0 spiro atoms. The van der Waals surface area contributed by atoms with Crippen molar-refractivity contribution in [2.45, 2.75) is 20.0 Å². The molecule has 19 heavy (non-hydrogen) atoms. The van der Waals surface area contributed by atoms with Crippen molar-refractivity contribution in [3.8, 4) is 0 Å². The van der Waals surface area contributed by atoms with E-state index in [-0.39, 0.29) is 0 Å². The summed E-state index contributed by atoms with van der Waals surface area (Å²) in [5.41, 5.74) is 2.70. The lowest BCUT2D eigenvalue weighted by atomic mass is 10.1. The van der Waals surface area contributed by atoms with Crippen LogP contribution in [0.3, 0.4) is 0 Å². The first-order chi connectivity index (χ1) is 9.06. The molecular formula is C14H20N4S. The molecule has 1 heterocycles. The first kappa shape index (κ1) is 14.0. The van der Waals surface area contributed by atoms with Gasteiger partial charge < -0.3 is 9.80 Å². The lowest BCUT2D eigenvalue weighted by molar-refractivity contribution is 0.401. The first-order valence-corrected chi connectivity index (χ1v) is 7.10. The monoisotopic (exact) mass is 276 g/mol. The number of anilines is 1. The van der Waals surface area contributed by atoms with E-state index in [0.29, 0.717) is 0 Å². The molecule has 0 amide bonds. The zero-order chi connectivity index (χ0) is 13.8. The number of aromatic nitrogens is 2. The van der Waals surface area contributed by atoms with Crippen LogP contribution in [0.4, 0.5) is 5.13 Å². The smallest absolute Gasteiger partial charge is 0.208 e. The highest BCUT2D eigenvalue weighted by atomic mass is 32.1. The highest BCUT2D eigenvalue weighted by Crippen LogP contribution is 2.21. The molecule has 5 heteroatoms. The maximum absolute atomic E-state index is 4.19. The predicted molar refractivity (Wildman–Crippen MR) is 80.6 cm³/mol. The minimum absolute atomic E-state index is 0.860. The number of nitrogens with zero attached hydrogens (tertiary/aromatic N) is 4. The maximum atomic E-state index is 4.19. The van der Waals surface area contributed by atoms with E-state index in [4.69, 9.17) is 0 Å². The van der Waals surface area contributed by atoms with E-state index in [1.807, 2.05) is 6.92 Å². The van der Waals surface area contributed by atoms with Crippen LogP contribution < -0.4 is 4.90 Å². The molecular weight excluding hydrogens is 256 g/mol. The molecule has 0 saturated carbocycles. The van der Waals surface area contributed by atoms with Crippen LogP contribution in [-0.2, 0) is 13.1 Å². The summed E-state index contributed by atoms with van der Waals surface area (Å²) >= 11 is 1.63. The third kappa shape index (κ3) is 3.75. The number of hydrogen-bond donors (Lipinski definition) is 0. The van der Waals surface area contributed by atoms with E-state index in [9.17, 15) is 0 Å². The van der Waals surface area contributed by atoms with E-state index in [0.717, 1.165) is 23.2 Å². The minimum atomic E-state index is 0.860. The zero-order valence-electron chi connectivity index (χ0n) is 11.9. The van der Waals surface area contributed by atoms with Crippen molar-refractivity contribution in [1.29, 1.82) is 0 Å². The van der Waals surface area contributed by atoms with Crippen LogP contribution >= 0.6 is 11.3 Å². The molecule has 2 rings (SSSR count). The van der Waals surface area contributed by atoms with Crippen molar-refractivity contribution < 1.29 is 0 Å². The fraction of sp³-hybridized carbons (Fsp3) is 0.429. The molecule has 0 saturated heterocycles. The summed E-state index contributed by atoms with van der Waals surface area (Å²) in [6.07, 6.45) is 0. The highest BCUT2D eigenvalue weighted by Gasteiger charge is 2.10. The van der Waals surface area contributed by atoms with Gasteiger partial charge >= 0.3 is 0 Å². The molecule has 0 aliphatic heterocycles. The SMILES string of the molecule is Cc1nnc(N(C)Cc2ccccc2CN(C)C)s1. The molecule has 0 atom stereocenters. The van der Waals surface area contributed by atoms with Crippen molar-refractivity contribution in [3.05, 3.63) is 40.4 Å². The number of rotatable bonds is 5. The average molecular weight is 276 g/mol. The molecule has 0 N–H and O–H groups in total. The Kier molecular flexibility index (Phi) is 4.50. The van der Waals surface area contributed by atoms with Gasteiger partial charge in [-0.2, -0.15) is 0 Å². The first-order valence-electron chi connectivity index (χ1n) is 6.29. The molecule has 102 valence electrons. The quantitative estimate of drug-likeness (QED) is 0.840. The normalized spacial score (nSPS) is 11.0. The third-order valence-corrected chi connectivity index (χ3v) is 3.81. The summed E-state index contributed by atoms with van der Waals surface area (Å²) in [6, 6.07) is 8.56. The molecule has 0 bridgehead atoms. The summed E-state index contributed by atoms with van der Waals surface area (Å²) < 4.78 is 0. The van der Waals surface area contributed by atoms with Crippen molar-refractivity contribution in [3.63, 3.8) is 0 Å². The van der Waals surface area contributed by atoms with E-state index in [2.05, 4.69) is 65.4 Å². The molecule has 0 aliphatic carbocycles. The Labute approximate surface area is 118 Å². The van der Waals surface area contributed by atoms with Crippen LogP contribution in [0.2, 0.25) is 0 Å². The predicted octanol–water partition coefficient (Wildman–Crippen LogP) is 2.54. The topological polar surface area (TPSA) is 32.3 Å². The van der Waals surface area contributed by atoms with Gasteiger partial charge in [-0.15, -0.1) is 10.2 Å². The van der Waals surface area contributed by atoms with Crippen molar-refractivity contribution >= 4 is 16.5 Å². The molecule has 0 unspecified atom stereocenters. The van der Waals surface area contributed by atoms with Crippen molar-refractivity contribution in [2.24, 2.45) is 0 Å². The van der Waals surface area contributed by atoms with Crippen LogP contribution in [0.15, 0.2) is 24.3 Å². The third-order valence-electron chi connectivity index (χ3n) is 2.85. The maximum Gasteiger partial charge on any atom is 0.208 e. The molecule has 1 aromatic heterocycles. The Morgan fingerprint density at radius 2 is 1.63 bits per heavy atom. The van der Waals surface area contributed by atoms with Crippen LogP contribution in [-0.4, -0.2) is 36.2 Å². The molecule has 4 nitrogen and oxygen atoms in total. The van der Waals surface area contributed by atoms with E-state index in [1.54, 1.807) is 11.3 Å². The largest absolute Gasteiger partial charge is 0.345 e. The Hall–Kier alpha value is -1.46. The van der Waals surface area contributed by atoms with Crippen LogP contribution in [0, 0.1) is 6.92 Å². The standard InChI is InChI=1S/C14H20N4S/c1-11-15-16-14(19-11)18(4)10-13-8-6-5-7-12(13)9-17(2)3/h5-8H,9-10H2,1-4H3. The number of hydrogen-bond acceptors (Lipinski definition) is 5. The average Bonchev–Trinajstić information content (AvgIpc) is 2.78. The van der Waals surface area contributed by atoms with Crippen LogP contribution in [0.1, 0.15) is 16.1 Å². The summed E-state index contributed by atoms with van der Waals surface area (Å²) in [7, 11) is 6.25. The fourth-order valence-electron chi connectivity index (χ4n) is 1.97. The summed E-state index contributed by atoms with van der Waals surface area (Å²) in [6.45, 7) is 3.80. The van der Waals surface area contributed by atoms with Gasteiger partial charge in [0.1, 0.15) is 5.01 Å². The van der Waals surface area contributed by atoms with Crippen molar-refractivity contribution in [2.75, 3.05) is 26.0 Å². The molecule has 0 radical (unpaired) electrons. The lowest BCUT2D eigenvalue weighted by Gasteiger charge is -2.19. The van der Waals surface area contributed by atoms with E-state index >= 15 is 0 Å². The van der Waals surface area contributed by atoms with Crippen LogP contribution in [0.25, 0.3) is 0 Å². The van der Waals surface area contributed by atoms with Gasteiger partial charge in [0.2, 0.25) is 5.13 Å². The van der Waals surface area contributed by atoms with E-state index in [1.165, 1.54) is 11.1 Å². The minimum Gasteiger partial charge on any atom is -0.345 e. The van der Waals surface area contributed by atoms with Gasteiger partial charge in [-0.3, -0.25) is 0 Å². The Balaban J connectivity index is 2.14. The molecule has 2 aromatic rings. The second-order valence-electron chi connectivity index (χ2n) is 4.97. The fourth-order valence-corrected chi connectivity index (χ4v) is 2.62. The van der Waals surface area contributed by atoms with E-state index < -0.39 is 0 Å². The second-order valence-corrected chi connectivity index (χ2v) is 6.13. The van der Waals surface area contributed by atoms with Gasteiger partial charge in [-0.05, 0) is 32.1 Å².